The Morgan fingerprint density at radius 1 is 1.12 bits per heavy atom. The number of carbonyl (C=O) groups excluding carboxylic acids is 1. The third-order valence-electron chi connectivity index (χ3n) is 7.72. The lowest BCUT2D eigenvalue weighted by Gasteiger charge is -2.60. The van der Waals surface area contributed by atoms with Gasteiger partial charge in [0.05, 0.1) is 12.1 Å². The smallest absolute Gasteiger partial charge is 0.350 e. The monoisotopic (exact) mass is 432 g/mol. The number of rotatable bonds is 5. The highest BCUT2D eigenvalue weighted by Crippen LogP contribution is 2.62. The number of carbonyl (C=O) groups is 1. The van der Waals surface area contributed by atoms with E-state index >= 15 is 0 Å². The highest BCUT2D eigenvalue weighted by Gasteiger charge is 2.57. The topological polar surface area (TPSA) is 88.6 Å². The van der Waals surface area contributed by atoms with Crippen LogP contribution in [0.25, 0.3) is 5.65 Å². The summed E-state index contributed by atoms with van der Waals surface area (Å²) in [6.45, 7) is 0.338. The Balaban J connectivity index is 1.16. The first-order valence-corrected chi connectivity index (χ1v) is 11.5. The normalized spacial score (nSPS) is 30.7. The predicted octanol–water partition coefficient (Wildman–Crippen LogP) is 3.20. The highest BCUT2D eigenvalue weighted by molar-refractivity contribution is 5.91. The number of fused-ring (bicyclic) bond motifs is 1. The molecule has 0 radical (unpaired) electrons. The lowest BCUT2D eigenvalue weighted by atomic mass is 9.47. The van der Waals surface area contributed by atoms with E-state index in [0.717, 1.165) is 43.4 Å². The van der Waals surface area contributed by atoms with Crippen LogP contribution in [0.4, 0.5) is 5.69 Å². The van der Waals surface area contributed by atoms with Crippen LogP contribution in [0.5, 0.6) is 0 Å². The van der Waals surface area contributed by atoms with Crippen LogP contribution < -0.4 is 11.0 Å². The van der Waals surface area contributed by atoms with Gasteiger partial charge in [-0.05, 0) is 85.6 Å². The maximum atomic E-state index is 13.0. The van der Waals surface area contributed by atoms with E-state index in [9.17, 15) is 14.7 Å². The molecule has 7 rings (SSSR count). The van der Waals surface area contributed by atoms with Crippen LogP contribution in [0.2, 0.25) is 0 Å². The number of benzene rings is 1. The molecular formula is C25H28N4O3. The van der Waals surface area contributed by atoms with Crippen molar-refractivity contribution in [3.8, 4) is 0 Å². The summed E-state index contributed by atoms with van der Waals surface area (Å²) in [7, 11) is 0. The summed E-state index contributed by atoms with van der Waals surface area (Å²) in [6.07, 6.45) is 8.12. The fourth-order valence-electron chi connectivity index (χ4n) is 7.15. The summed E-state index contributed by atoms with van der Waals surface area (Å²) in [5.41, 5.74) is 1.45. The summed E-state index contributed by atoms with van der Waals surface area (Å²) < 4.78 is 2.96. The van der Waals surface area contributed by atoms with Crippen molar-refractivity contribution in [3.63, 3.8) is 0 Å². The molecule has 2 atom stereocenters. The zero-order valence-electron chi connectivity index (χ0n) is 18.0. The van der Waals surface area contributed by atoms with Crippen molar-refractivity contribution in [3.05, 3.63) is 64.7 Å². The number of aliphatic hydroxyl groups is 1. The molecular weight excluding hydrogens is 404 g/mol. The molecule has 166 valence electrons. The fraction of sp³-hybridized carbons (Fsp3) is 0.480. The average molecular weight is 433 g/mol. The molecule has 0 spiro atoms. The van der Waals surface area contributed by atoms with E-state index in [-0.39, 0.29) is 17.0 Å². The molecule has 7 heteroatoms. The Bertz CT molecular complexity index is 1250. The third kappa shape index (κ3) is 3.45. The molecule has 32 heavy (non-hydrogen) atoms. The van der Waals surface area contributed by atoms with Gasteiger partial charge in [0.1, 0.15) is 0 Å². The molecule has 4 bridgehead atoms. The van der Waals surface area contributed by atoms with Crippen LogP contribution >= 0.6 is 0 Å². The minimum absolute atomic E-state index is 0.0117. The van der Waals surface area contributed by atoms with E-state index in [4.69, 9.17) is 0 Å². The van der Waals surface area contributed by atoms with Gasteiger partial charge in [-0.15, -0.1) is 5.10 Å². The average Bonchev–Trinajstić information content (AvgIpc) is 3.01. The highest BCUT2D eigenvalue weighted by atomic mass is 16.3. The largest absolute Gasteiger partial charge is 0.390 e. The number of nitrogens with zero attached hydrogens (tertiary/aromatic N) is 3. The third-order valence-corrected chi connectivity index (χ3v) is 7.72. The van der Waals surface area contributed by atoms with Gasteiger partial charge in [0.25, 0.3) is 0 Å². The van der Waals surface area contributed by atoms with E-state index < -0.39 is 5.60 Å². The van der Waals surface area contributed by atoms with Gasteiger partial charge in [0.2, 0.25) is 5.91 Å². The van der Waals surface area contributed by atoms with E-state index in [2.05, 4.69) is 10.4 Å². The van der Waals surface area contributed by atoms with Crippen LogP contribution in [0, 0.1) is 17.3 Å². The van der Waals surface area contributed by atoms with Crippen molar-refractivity contribution >= 4 is 17.2 Å². The second-order valence-corrected chi connectivity index (χ2v) is 10.5. The first-order chi connectivity index (χ1) is 15.4. The fourth-order valence-corrected chi connectivity index (χ4v) is 7.15. The molecule has 1 amide bonds. The number of hydrogen-bond donors (Lipinski definition) is 2. The molecule has 2 heterocycles. The molecule has 4 saturated carbocycles. The number of pyridine rings is 1. The minimum Gasteiger partial charge on any atom is -0.390 e. The number of amides is 1. The van der Waals surface area contributed by atoms with Crippen LogP contribution in [0.1, 0.15) is 50.5 Å². The van der Waals surface area contributed by atoms with Gasteiger partial charge in [0, 0.05) is 18.3 Å². The molecule has 2 N–H and O–H groups in total. The van der Waals surface area contributed by atoms with Crippen molar-refractivity contribution in [2.45, 2.75) is 57.1 Å². The second kappa shape index (κ2) is 7.04. The number of aromatic nitrogens is 3. The molecule has 7 nitrogen and oxygen atoms in total. The Hall–Kier alpha value is -2.93. The summed E-state index contributed by atoms with van der Waals surface area (Å²) >= 11 is 0. The van der Waals surface area contributed by atoms with Crippen molar-refractivity contribution < 1.29 is 9.90 Å². The minimum atomic E-state index is -0.550. The zero-order chi connectivity index (χ0) is 21.9. The zero-order valence-corrected chi connectivity index (χ0v) is 18.0. The first kappa shape index (κ1) is 19.7. The molecule has 0 aliphatic heterocycles. The Kier molecular flexibility index (Phi) is 4.34. The van der Waals surface area contributed by atoms with E-state index in [0.29, 0.717) is 30.4 Å². The molecule has 0 saturated heterocycles. The van der Waals surface area contributed by atoms with Crippen LogP contribution in [0.3, 0.4) is 0 Å². The lowest BCUT2D eigenvalue weighted by molar-refractivity contribution is -0.167. The van der Waals surface area contributed by atoms with Gasteiger partial charge in [-0.25, -0.2) is 9.48 Å². The van der Waals surface area contributed by atoms with Crippen molar-refractivity contribution in [2.24, 2.45) is 17.3 Å². The molecule has 2 unspecified atom stereocenters. The van der Waals surface area contributed by atoms with Crippen LogP contribution in [0.15, 0.2) is 53.5 Å². The summed E-state index contributed by atoms with van der Waals surface area (Å²) in [5, 5.41) is 18.4. The Labute approximate surface area is 186 Å². The number of anilines is 1. The van der Waals surface area contributed by atoms with Crippen LogP contribution in [-0.2, 0) is 11.3 Å². The van der Waals surface area contributed by atoms with Gasteiger partial charge >= 0.3 is 5.69 Å². The Morgan fingerprint density at radius 2 is 1.94 bits per heavy atom. The molecule has 2 aromatic heterocycles. The second-order valence-electron chi connectivity index (χ2n) is 10.5. The quantitative estimate of drug-likeness (QED) is 0.648. The summed E-state index contributed by atoms with van der Waals surface area (Å²) in [6, 6.07) is 13.1. The Morgan fingerprint density at radius 3 is 2.69 bits per heavy atom. The SMILES string of the molecule is O=C(CC12CC3CC(CC(O)(C3)C1)C2)Nc1cccc(Cn2nc3ccccn3c2=O)c1. The van der Waals surface area contributed by atoms with E-state index in [1.807, 2.05) is 30.3 Å². The van der Waals surface area contributed by atoms with Gasteiger partial charge in [-0.2, -0.15) is 0 Å². The number of nitrogens with one attached hydrogen (secondary N) is 1. The van der Waals surface area contributed by atoms with E-state index in [1.165, 1.54) is 15.5 Å². The number of hydrogen-bond acceptors (Lipinski definition) is 4. The lowest BCUT2D eigenvalue weighted by Crippen LogP contribution is -2.56. The maximum Gasteiger partial charge on any atom is 0.350 e. The van der Waals surface area contributed by atoms with Crippen molar-refractivity contribution in [1.82, 2.24) is 14.2 Å². The summed E-state index contributed by atoms with van der Waals surface area (Å²) in [4.78, 5) is 25.5. The molecule has 4 aliphatic carbocycles. The first-order valence-electron chi connectivity index (χ1n) is 11.5. The molecule has 4 aliphatic rings. The molecule has 1 aromatic carbocycles. The van der Waals surface area contributed by atoms with Crippen LogP contribution in [-0.4, -0.2) is 30.8 Å². The standard InChI is InChI=1S/C25H28N4O3/c30-22(14-24-10-18-8-19(11-24)13-25(32,12-18)16-24)26-20-5-3-4-17(9-20)15-29-23(31)28-7-2-1-6-21(28)27-29/h1-7,9,18-19,32H,8,10-16H2,(H,26,30). The van der Waals surface area contributed by atoms with Gasteiger partial charge in [-0.3, -0.25) is 9.20 Å². The predicted molar refractivity (Wildman–Crippen MR) is 120 cm³/mol. The van der Waals surface area contributed by atoms with E-state index in [1.54, 1.807) is 18.3 Å². The summed E-state index contributed by atoms with van der Waals surface area (Å²) in [5.74, 6) is 1.15. The van der Waals surface area contributed by atoms with Crippen molar-refractivity contribution in [1.29, 1.82) is 0 Å². The van der Waals surface area contributed by atoms with Crippen molar-refractivity contribution in [2.75, 3.05) is 5.32 Å². The van der Waals surface area contributed by atoms with Gasteiger partial charge in [-0.1, -0.05) is 18.2 Å². The van der Waals surface area contributed by atoms with Gasteiger partial charge in [0.15, 0.2) is 5.65 Å². The maximum absolute atomic E-state index is 13.0. The van der Waals surface area contributed by atoms with Gasteiger partial charge < -0.3 is 10.4 Å². The molecule has 4 fully saturated rings. The molecule has 3 aromatic rings.